The summed E-state index contributed by atoms with van der Waals surface area (Å²) < 4.78 is 0. The molecule has 1 aromatic heterocycles. The second-order valence-corrected chi connectivity index (χ2v) is 4.36. The minimum absolute atomic E-state index is 0.684. The van der Waals surface area contributed by atoms with Crippen LogP contribution in [-0.4, -0.2) is 17.6 Å². The van der Waals surface area contributed by atoms with Gasteiger partial charge in [0, 0.05) is 23.1 Å². The Morgan fingerprint density at radius 2 is 2.20 bits per heavy atom. The van der Waals surface area contributed by atoms with Crippen molar-refractivity contribution in [3.8, 4) is 0 Å². The lowest BCUT2D eigenvalue weighted by molar-refractivity contribution is 0.605. The first-order valence-electron chi connectivity index (χ1n) is 5.72. The molecule has 2 aromatic rings. The lowest BCUT2D eigenvalue weighted by Gasteiger charge is -2.08. The molecule has 0 bridgehead atoms. The topological polar surface area (TPSA) is 27.8 Å². The first-order valence-corrected chi connectivity index (χ1v) is 5.72. The Hall–Kier alpha value is -1.28. The highest BCUT2D eigenvalue weighted by Crippen LogP contribution is 2.21. The average molecular weight is 200 g/mol. The Morgan fingerprint density at radius 1 is 1.27 bits per heavy atom. The first-order chi connectivity index (χ1) is 7.43. The van der Waals surface area contributed by atoms with Crippen LogP contribution in [0.2, 0.25) is 0 Å². The summed E-state index contributed by atoms with van der Waals surface area (Å²) in [6.45, 7) is 1.19. The molecule has 2 nitrogen and oxygen atoms in total. The summed E-state index contributed by atoms with van der Waals surface area (Å²) >= 11 is 0. The summed E-state index contributed by atoms with van der Waals surface area (Å²) in [5.74, 6) is 0. The molecule has 15 heavy (non-hydrogen) atoms. The Balaban J connectivity index is 1.90. The highest BCUT2D eigenvalue weighted by atomic mass is 14.9. The van der Waals surface area contributed by atoms with Gasteiger partial charge in [-0.15, -0.1) is 0 Å². The molecule has 1 aromatic carbocycles. The summed E-state index contributed by atoms with van der Waals surface area (Å²) in [7, 11) is 0. The van der Waals surface area contributed by atoms with Crippen LogP contribution in [0.1, 0.15) is 18.4 Å². The number of nitrogens with one attached hydrogen (secondary N) is 2. The van der Waals surface area contributed by atoms with Gasteiger partial charge in [0.15, 0.2) is 0 Å². The number of fused-ring (bicyclic) bond motifs is 1. The van der Waals surface area contributed by atoms with E-state index in [4.69, 9.17) is 0 Å². The van der Waals surface area contributed by atoms with Gasteiger partial charge in [0.2, 0.25) is 0 Å². The Bertz CT molecular complexity index is 452. The molecule has 1 saturated heterocycles. The fraction of sp³-hybridized carbons (Fsp3) is 0.385. The molecule has 2 heterocycles. The third kappa shape index (κ3) is 1.65. The van der Waals surface area contributed by atoms with E-state index in [2.05, 4.69) is 40.8 Å². The smallest absolute Gasteiger partial charge is 0.0456 e. The van der Waals surface area contributed by atoms with Crippen molar-refractivity contribution in [2.75, 3.05) is 6.54 Å². The van der Waals surface area contributed by atoms with Crippen LogP contribution in [0.15, 0.2) is 30.5 Å². The third-order valence-electron chi connectivity index (χ3n) is 3.30. The molecule has 0 aliphatic carbocycles. The maximum Gasteiger partial charge on any atom is 0.0456 e. The van der Waals surface area contributed by atoms with Crippen molar-refractivity contribution in [3.63, 3.8) is 0 Å². The van der Waals surface area contributed by atoms with Crippen molar-refractivity contribution >= 4 is 10.9 Å². The quantitative estimate of drug-likeness (QED) is 0.765. The Kier molecular flexibility index (Phi) is 2.22. The fourth-order valence-electron chi connectivity index (χ4n) is 2.50. The Morgan fingerprint density at radius 3 is 3.07 bits per heavy atom. The minimum atomic E-state index is 0.684. The fourth-order valence-corrected chi connectivity index (χ4v) is 2.50. The molecule has 2 heteroatoms. The highest BCUT2D eigenvalue weighted by Gasteiger charge is 2.15. The van der Waals surface area contributed by atoms with Gasteiger partial charge in [-0.05, 0) is 37.4 Å². The van der Waals surface area contributed by atoms with Crippen LogP contribution >= 0.6 is 0 Å². The van der Waals surface area contributed by atoms with Gasteiger partial charge in [0.25, 0.3) is 0 Å². The van der Waals surface area contributed by atoms with Crippen LogP contribution in [0.5, 0.6) is 0 Å². The van der Waals surface area contributed by atoms with E-state index in [1.807, 2.05) is 0 Å². The van der Waals surface area contributed by atoms with E-state index in [1.54, 1.807) is 0 Å². The average Bonchev–Trinajstić information content (AvgIpc) is 2.89. The highest BCUT2D eigenvalue weighted by molar-refractivity contribution is 5.83. The molecule has 1 atom stereocenters. The summed E-state index contributed by atoms with van der Waals surface area (Å²) in [5, 5.41) is 4.93. The number of aromatic nitrogens is 1. The van der Waals surface area contributed by atoms with Crippen molar-refractivity contribution in [2.24, 2.45) is 0 Å². The molecule has 0 amide bonds. The number of benzene rings is 1. The second kappa shape index (κ2) is 3.70. The number of H-pyrrole nitrogens is 1. The van der Waals surface area contributed by atoms with Crippen LogP contribution in [0.4, 0.5) is 0 Å². The SMILES string of the molecule is c1ccc2c(C[C@H]3CCCN3)c[nH]c2c1. The summed E-state index contributed by atoms with van der Waals surface area (Å²) in [4.78, 5) is 3.33. The lowest BCUT2D eigenvalue weighted by atomic mass is 10.0. The number of hydrogen-bond acceptors (Lipinski definition) is 1. The van der Waals surface area contributed by atoms with Crippen molar-refractivity contribution in [1.82, 2.24) is 10.3 Å². The van der Waals surface area contributed by atoms with Gasteiger partial charge < -0.3 is 10.3 Å². The molecule has 78 valence electrons. The van der Waals surface area contributed by atoms with Crippen LogP contribution in [0.25, 0.3) is 10.9 Å². The second-order valence-electron chi connectivity index (χ2n) is 4.36. The van der Waals surface area contributed by atoms with Crippen molar-refractivity contribution in [1.29, 1.82) is 0 Å². The molecule has 1 aliphatic heterocycles. The zero-order valence-electron chi connectivity index (χ0n) is 8.79. The van der Waals surface area contributed by atoms with Gasteiger partial charge in [-0.3, -0.25) is 0 Å². The molecule has 0 radical (unpaired) electrons. The van der Waals surface area contributed by atoms with Gasteiger partial charge in [-0.2, -0.15) is 0 Å². The molecule has 0 unspecified atom stereocenters. The predicted octanol–water partition coefficient (Wildman–Crippen LogP) is 2.46. The molecule has 2 N–H and O–H groups in total. The van der Waals surface area contributed by atoms with Crippen LogP contribution in [0.3, 0.4) is 0 Å². The number of aromatic amines is 1. The van der Waals surface area contributed by atoms with Gasteiger partial charge >= 0.3 is 0 Å². The molecule has 3 rings (SSSR count). The van der Waals surface area contributed by atoms with Crippen LogP contribution in [0, 0.1) is 0 Å². The minimum Gasteiger partial charge on any atom is -0.361 e. The van der Waals surface area contributed by atoms with E-state index < -0.39 is 0 Å². The van der Waals surface area contributed by atoms with E-state index in [1.165, 1.54) is 35.9 Å². The maximum atomic E-state index is 3.55. The third-order valence-corrected chi connectivity index (χ3v) is 3.30. The van der Waals surface area contributed by atoms with E-state index in [0.29, 0.717) is 6.04 Å². The van der Waals surface area contributed by atoms with Gasteiger partial charge in [-0.25, -0.2) is 0 Å². The number of hydrogen-bond donors (Lipinski definition) is 2. The monoisotopic (exact) mass is 200 g/mol. The van der Waals surface area contributed by atoms with E-state index in [0.717, 1.165) is 6.42 Å². The van der Waals surface area contributed by atoms with Crippen molar-refractivity contribution in [2.45, 2.75) is 25.3 Å². The largest absolute Gasteiger partial charge is 0.361 e. The molecule has 0 saturated carbocycles. The zero-order valence-corrected chi connectivity index (χ0v) is 8.79. The van der Waals surface area contributed by atoms with Crippen molar-refractivity contribution < 1.29 is 0 Å². The van der Waals surface area contributed by atoms with Gasteiger partial charge in [0.05, 0.1) is 0 Å². The van der Waals surface area contributed by atoms with Crippen LogP contribution in [-0.2, 0) is 6.42 Å². The summed E-state index contributed by atoms with van der Waals surface area (Å²) in [6, 6.07) is 9.22. The normalized spacial score (nSPS) is 21.2. The Labute approximate surface area is 89.7 Å². The lowest BCUT2D eigenvalue weighted by Crippen LogP contribution is -2.23. The molecule has 0 spiro atoms. The zero-order chi connectivity index (χ0) is 10.1. The maximum absolute atomic E-state index is 3.55. The number of para-hydroxylation sites is 1. The molecule has 1 aliphatic rings. The molecule has 1 fully saturated rings. The van der Waals surface area contributed by atoms with E-state index in [9.17, 15) is 0 Å². The number of rotatable bonds is 2. The van der Waals surface area contributed by atoms with Gasteiger partial charge in [-0.1, -0.05) is 18.2 Å². The van der Waals surface area contributed by atoms with Crippen molar-refractivity contribution in [3.05, 3.63) is 36.0 Å². The van der Waals surface area contributed by atoms with E-state index >= 15 is 0 Å². The standard InChI is InChI=1S/C13H16N2/c1-2-6-13-12(5-1)10(9-15-13)8-11-4-3-7-14-11/h1-2,5-6,9,11,14-15H,3-4,7-8H2/t11-/m1/s1. The molecular formula is C13H16N2. The first kappa shape index (κ1) is 8.98. The van der Waals surface area contributed by atoms with Gasteiger partial charge in [0.1, 0.15) is 0 Å². The molecular weight excluding hydrogens is 184 g/mol. The van der Waals surface area contributed by atoms with E-state index in [-0.39, 0.29) is 0 Å². The van der Waals surface area contributed by atoms with Crippen LogP contribution < -0.4 is 5.32 Å². The summed E-state index contributed by atoms with van der Waals surface area (Å²) in [6.07, 6.45) is 5.96. The summed E-state index contributed by atoms with van der Waals surface area (Å²) in [5.41, 5.74) is 2.70. The predicted molar refractivity (Wildman–Crippen MR) is 63.0 cm³/mol.